The first-order valence-electron chi connectivity index (χ1n) is 7.71. The molecule has 0 heterocycles. The van der Waals surface area contributed by atoms with E-state index in [2.05, 4.69) is 0 Å². The maximum atomic E-state index is 13.2. The highest BCUT2D eigenvalue weighted by molar-refractivity contribution is 7.92. The van der Waals surface area contributed by atoms with Gasteiger partial charge in [-0.25, -0.2) is 12.8 Å². The van der Waals surface area contributed by atoms with Crippen LogP contribution in [0.15, 0.2) is 59.5 Å². The van der Waals surface area contributed by atoms with E-state index >= 15 is 0 Å². The van der Waals surface area contributed by atoms with Crippen molar-refractivity contribution in [1.29, 1.82) is 0 Å². The Labute approximate surface area is 141 Å². The highest BCUT2D eigenvalue weighted by Gasteiger charge is 2.70. The molecule has 6 heteroatoms. The molecular weight excluding hydrogens is 329 g/mol. The van der Waals surface area contributed by atoms with Crippen LogP contribution in [-0.4, -0.2) is 33.9 Å². The molecule has 3 atom stereocenters. The minimum atomic E-state index is -3.57. The van der Waals surface area contributed by atoms with Crippen LogP contribution in [0.4, 0.5) is 4.39 Å². The summed E-state index contributed by atoms with van der Waals surface area (Å²) in [6.07, 6.45) is 0. The molecule has 0 saturated heterocycles. The lowest BCUT2D eigenvalue weighted by atomic mass is 10.00. The monoisotopic (exact) mass is 349 g/mol. The van der Waals surface area contributed by atoms with Gasteiger partial charge in [-0.05, 0) is 29.8 Å². The van der Waals surface area contributed by atoms with Crippen LogP contribution in [0.25, 0.3) is 0 Å². The number of sulfone groups is 1. The molecule has 1 fully saturated rings. The Bertz CT molecular complexity index is 808. The third-order valence-corrected chi connectivity index (χ3v) is 7.15. The van der Waals surface area contributed by atoms with Gasteiger partial charge in [-0.2, -0.15) is 0 Å². The predicted molar refractivity (Wildman–Crippen MR) is 89.9 cm³/mol. The molecule has 0 unspecified atom stereocenters. The highest BCUT2D eigenvalue weighted by atomic mass is 32.2. The van der Waals surface area contributed by atoms with Crippen LogP contribution in [0, 0.1) is 11.2 Å². The average Bonchev–Trinajstić information content (AvgIpc) is 3.26. The number of hydrogen-bond acceptors (Lipinski definition) is 4. The van der Waals surface area contributed by atoms with Crippen molar-refractivity contribution in [3.63, 3.8) is 0 Å². The van der Waals surface area contributed by atoms with Gasteiger partial charge in [0, 0.05) is 25.0 Å². The van der Waals surface area contributed by atoms with E-state index in [0.29, 0.717) is 0 Å². The fraction of sp³-hybridized carbons (Fsp3) is 0.333. The third kappa shape index (κ3) is 2.64. The van der Waals surface area contributed by atoms with Gasteiger partial charge >= 0.3 is 0 Å². The second kappa shape index (κ2) is 6.27. The number of rotatable bonds is 6. The van der Waals surface area contributed by atoms with Gasteiger partial charge in [0.25, 0.3) is 0 Å². The van der Waals surface area contributed by atoms with Crippen LogP contribution in [0.3, 0.4) is 0 Å². The average molecular weight is 349 g/mol. The van der Waals surface area contributed by atoms with E-state index in [1.54, 1.807) is 42.5 Å². The summed E-state index contributed by atoms with van der Waals surface area (Å²) in [5.41, 5.74) is 6.03. The zero-order chi connectivity index (χ0) is 17.4. The van der Waals surface area contributed by atoms with Crippen LogP contribution < -0.4 is 5.73 Å². The number of ether oxygens (including phenoxy) is 1. The zero-order valence-corrected chi connectivity index (χ0v) is 14.2. The second-order valence-electron chi connectivity index (χ2n) is 6.18. The van der Waals surface area contributed by atoms with Crippen LogP contribution in [-0.2, 0) is 14.6 Å². The van der Waals surface area contributed by atoms with Gasteiger partial charge in [-0.1, -0.05) is 30.3 Å². The molecular formula is C18H20FNO3S. The fourth-order valence-electron chi connectivity index (χ4n) is 3.62. The first-order valence-corrected chi connectivity index (χ1v) is 9.25. The normalized spacial score (nSPS) is 26.3. The summed E-state index contributed by atoms with van der Waals surface area (Å²) in [4.78, 5) is 0.272. The molecule has 1 aliphatic carbocycles. The summed E-state index contributed by atoms with van der Waals surface area (Å²) in [5.74, 6) is -0.666. The number of nitrogens with two attached hydrogens (primary N) is 1. The van der Waals surface area contributed by atoms with Crippen molar-refractivity contribution in [2.45, 2.75) is 16.1 Å². The maximum Gasteiger partial charge on any atom is 0.182 e. The van der Waals surface area contributed by atoms with Crippen molar-refractivity contribution in [2.75, 3.05) is 20.3 Å². The Morgan fingerprint density at radius 1 is 1.12 bits per heavy atom. The number of methoxy groups -OCH3 is 1. The molecule has 2 N–H and O–H groups in total. The molecule has 0 aliphatic heterocycles. The first-order chi connectivity index (χ1) is 11.5. The van der Waals surface area contributed by atoms with Crippen LogP contribution >= 0.6 is 0 Å². The smallest absolute Gasteiger partial charge is 0.182 e. The van der Waals surface area contributed by atoms with E-state index in [-0.39, 0.29) is 29.8 Å². The van der Waals surface area contributed by atoms with Crippen LogP contribution in [0.5, 0.6) is 0 Å². The fourth-order valence-corrected chi connectivity index (χ4v) is 6.08. The zero-order valence-electron chi connectivity index (χ0n) is 13.4. The molecule has 0 aromatic heterocycles. The van der Waals surface area contributed by atoms with E-state index < -0.39 is 20.5 Å². The molecule has 0 amide bonds. The van der Waals surface area contributed by atoms with E-state index in [1.165, 1.54) is 19.2 Å². The Morgan fingerprint density at radius 3 is 2.29 bits per heavy atom. The number of benzene rings is 2. The molecule has 0 spiro atoms. The van der Waals surface area contributed by atoms with Gasteiger partial charge in [0.15, 0.2) is 9.84 Å². The van der Waals surface area contributed by atoms with Crippen molar-refractivity contribution in [3.8, 4) is 0 Å². The van der Waals surface area contributed by atoms with Gasteiger partial charge < -0.3 is 10.5 Å². The van der Waals surface area contributed by atoms with Gasteiger partial charge in [-0.15, -0.1) is 0 Å². The molecule has 1 saturated carbocycles. The van der Waals surface area contributed by atoms with E-state index in [0.717, 1.165) is 5.56 Å². The molecule has 0 radical (unpaired) electrons. The Balaban J connectivity index is 2.05. The quantitative estimate of drug-likeness (QED) is 0.869. The molecule has 2 aromatic carbocycles. The molecule has 1 aliphatic rings. The maximum absolute atomic E-state index is 13.2. The minimum Gasteiger partial charge on any atom is -0.384 e. The van der Waals surface area contributed by atoms with Gasteiger partial charge in [0.05, 0.1) is 16.8 Å². The summed E-state index contributed by atoms with van der Waals surface area (Å²) in [7, 11) is -2.04. The lowest BCUT2D eigenvalue weighted by molar-refractivity contribution is 0.142. The van der Waals surface area contributed by atoms with E-state index in [4.69, 9.17) is 10.5 Å². The summed E-state index contributed by atoms with van der Waals surface area (Å²) in [6.45, 7) is 0.419. The first kappa shape index (κ1) is 17.1. The largest absolute Gasteiger partial charge is 0.384 e. The van der Waals surface area contributed by atoms with Gasteiger partial charge in [0.2, 0.25) is 0 Å². The van der Waals surface area contributed by atoms with Crippen molar-refractivity contribution in [2.24, 2.45) is 11.1 Å². The highest BCUT2D eigenvalue weighted by Crippen LogP contribution is 2.63. The lowest BCUT2D eigenvalue weighted by Gasteiger charge is -2.14. The lowest BCUT2D eigenvalue weighted by Crippen LogP contribution is -2.28. The summed E-state index contributed by atoms with van der Waals surface area (Å²) in [6, 6.07) is 14.3. The summed E-state index contributed by atoms with van der Waals surface area (Å²) >= 11 is 0. The third-order valence-electron chi connectivity index (χ3n) is 4.81. The van der Waals surface area contributed by atoms with Crippen LogP contribution in [0.1, 0.15) is 11.5 Å². The van der Waals surface area contributed by atoms with Gasteiger partial charge in [0.1, 0.15) is 5.82 Å². The summed E-state index contributed by atoms with van der Waals surface area (Å²) in [5, 5.41) is -0.678. The molecule has 128 valence electrons. The summed E-state index contributed by atoms with van der Waals surface area (Å²) < 4.78 is 44.7. The van der Waals surface area contributed by atoms with Crippen molar-refractivity contribution in [3.05, 3.63) is 66.0 Å². The van der Waals surface area contributed by atoms with E-state index in [1.807, 2.05) is 0 Å². The van der Waals surface area contributed by atoms with Crippen molar-refractivity contribution >= 4 is 9.84 Å². The molecule has 4 nitrogen and oxygen atoms in total. The molecule has 0 bridgehead atoms. The van der Waals surface area contributed by atoms with Gasteiger partial charge in [-0.3, -0.25) is 0 Å². The predicted octanol–water partition coefficient (Wildman–Crippen LogP) is 2.36. The Morgan fingerprint density at radius 2 is 1.75 bits per heavy atom. The SMILES string of the molecule is COC[C@]1(CN)[C@H](c2ccc(F)cc2)[C@H]1S(=O)(=O)c1ccccc1. The molecule has 2 aromatic rings. The van der Waals surface area contributed by atoms with Crippen molar-refractivity contribution in [1.82, 2.24) is 0 Å². The Hall–Kier alpha value is -1.76. The molecule has 24 heavy (non-hydrogen) atoms. The second-order valence-corrected chi connectivity index (χ2v) is 8.25. The number of hydrogen-bond donors (Lipinski definition) is 1. The minimum absolute atomic E-state index is 0.180. The van der Waals surface area contributed by atoms with Crippen molar-refractivity contribution < 1.29 is 17.5 Å². The number of halogens is 1. The van der Waals surface area contributed by atoms with Crippen LogP contribution in [0.2, 0.25) is 0 Å². The standard InChI is InChI=1S/C18H20FNO3S/c1-23-12-18(11-20)16(13-7-9-14(19)10-8-13)17(18)24(21,22)15-5-3-2-4-6-15/h2-10,16-17H,11-12,20H2,1H3/t16-,17-,18-/m1/s1. The van der Waals surface area contributed by atoms with E-state index in [9.17, 15) is 12.8 Å². The topological polar surface area (TPSA) is 69.4 Å². The Kier molecular flexibility index (Phi) is 4.46. The molecule has 3 rings (SSSR count).